The van der Waals surface area contributed by atoms with Gasteiger partial charge < -0.3 is 15.0 Å². The molecule has 0 amide bonds. The fraction of sp³-hybridized carbons (Fsp3) is 0.273. The predicted molar refractivity (Wildman–Crippen MR) is 119 cm³/mol. The summed E-state index contributed by atoms with van der Waals surface area (Å²) in [5.74, 6) is 0.885. The summed E-state index contributed by atoms with van der Waals surface area (Å²) in [6.45, 7) is 0.280. The Balaban J connectivity index is 1.55. The number of rotatable bonds is 4. The Labute approximate surface area is 185 Å². The van der Waals surface area contributed by atoms with E-state index in [0.717, 1.165) is 35.2 Å². The summed E-state index contributed by atoms with van der Waals surface area (Å²) in [5.41, 5.74) is 3.59. The molecule has 1 aliphatic heterocycles. The van der Waals surface area contributed by atoms with Gasteiger partial charge in [0.2, 0.25) is 0 Å². The maximum absolute atomic E-state index is 12.6. The van der Waals surface area contributed by atoms with Crippen LogP contribution in [-0.4, -0.2) is 22.8 Å². The average Bonchev–Trinajstić information content (AvgIpc) is 2.71. The van der Waals surface area contributed by atoms with Gasteiger partial charge in [-0.05, 0) is 54.9 Å². The first kappa shape index (κ1) is 20.2. The third kappa shape index (κ3) is 4.00. The van der Waals surface area contributed by atoms with Crippen LogP contribution in [0.2, 0.25) is 10.0 Å². The summed E-state index contributed by atoms with van der Waals surface area (Å²) in [4.78, 5) is 14.6. The van der Waals surface area contributed by atoms with Crippen molar-refractivity contribution in [2.75, 3.05) is 7.05 Å². The zero-order valence-corrected chi connectivity index (χ0v) is 18.2. The van der Waals surface area contributed by atoms with Crippen molar-refractivity contribution in [1.29, 1.82) is 0 Å². The van der Waals surface area contributed by atoms with Crippen LogP contribution in [0, 0.1) is 0 Å². The second-order valence-electron chi connectivity index (χ2n) is 7.14. The van der Waals surface area contributed by atoms with Crippen molar-refractivity contribution in [2.45, 2.75) is 31.9 Å². The predicted octanol–water partition coefficient (Wildman–Crippen LogP) is 5.44. The molecule has 4 rings (SSSR count). The van der Waals surface area contributed by atoms with Crippen LogP contribution in [0.5, 0.6) is 5.75 Å². The number of hydrogen-bond acceptors (Lipinski definition) is 3. The number of carbonyl (C=O) groups is 1. The topological polar surface area (TPSA) is 41.6 Å². The Morgan fingerprint density at radius 2 is 1.83 bits per heavy atom. The van der Waals surface area contributed by atoms with E-state index in [1.807, 2.05) is 36.2 Å². The van der Waals surface area contributed by atoms with Crippen molar-refractivity contribution < 1.29 is 9.53 Å². The Morgan fingerprint density at radius 1 is 1.14 bits per heavy atom. The Morgan fingerprint density at radius 3 is 2.52 bits per heavy atom. The fourth-order valence-electron chi connectivity index (χ4n) is 3.77. The highest BCUT2D eigenvalue weighted by Gasteiger charge is 2.35. The van der Waals surface area contributed by atoms with E-state index in [4.69, 9.17) is 40.2 Å². The summed E-state index contributed by atoms with van der Waals surface area (Å²) in [6, 6.07) is 12.8. The van der Waals surface area contributed by atoms with Gasteiger partial charge in [-0.15, -0.1) is 0 Å². The molecule has 1 atom stereocenters. The van der Waals surface area contributed by atoms with Gasteiger partial charge in [-0.3, -0.25) is 4.79 Å². The lowest BCUT2D eigenvalue weighted by Crippen LogP contribution is -2.47. The average molecular weight is 447 g/mol. The van der Waals surface area contributed by atoms with Gasteiger partial charge in [0.05, 0.1) is 6.04 Å². The molecule has 0 radical (unpaired) electrons. The quantitative estimate of drug-likeness (QED) is 0.633. The number of ether oxygens (including phenoxy) is 1. The van der Waals surface area contributed by atoms with Crippen molar-refractivity contribution in [3.05, 3.63) is 74.9 Å². The van der Waals surface area contributed by atoms with Crippen LogP contribution in [0.3, 0.4) is 0 Å². The summed E-state index contributed by atoms with van der Waals surface area (Å²) in [5, 5.41) is 5.10. The standard InChI is InChI=1S/C22H20Cl2N2O2S/c1-26-18-6-3-7-19(27)20(18)21(25-22(26)29)13-8-10-14(11-9-13)28-12-15-16(23)4-2-5-17(15)24/h2,4-5,8-11,21H,3,6-7,12H2,1H3,(H,25,29). The molecular formula is C22H20Cl2N2O2S. The van der Waals surface area contributed by atoms with E-state index >= 15 is 0 Å². The van der Waals surface area contributed by atoms with Crippen LogP contribution < -0.4 is 10.1 Å². The number of hydrogen-bond donors (Lipinski definition) is 1. The number of nitrogens with zero attached hydrogens (tertiary/aromatic N) is 1. The zero-order chi connectivity index (χ0) is 20.5. The summed E-state index contributed by atoms with van der Waals surface area (Å²) < 4.78 is 5.86. The molecule has 0 saturated heterocycles. The maximum atomic E-state index is 12.6. The second-order valence-corrected chi connectivity index (χ2v) is 8.34. The highest BCUT2D eigenvalue weighted by Crippen LogP contribution is 2.37. The number of carbonyl (C=O) groups excluding carboxylic acids is 1. The molecule has 0 bridgehead atoms. The fourth-order valence-corrected chi connectivity index (χ4v) is 4.50. The SMILES string of the molecule is CN1C(=S)NC(c2ccc(OCc3c(Cl)cccc3Cl)cc2)C2=C1CCCC2=O. The Hall–Kier alpha value is -2.08. The molecule has 0 spiro atoms. The van der Waals surface area contributed by atoms with E-state index in [2.05, 4.69) is 5.32 Å². The largest absolute Gasteiger partial charge is 0.489 e. The van der Waals surface area contributed by atoms with E-state index in [1.165, 1.54) is 0 Å². The summed E-state index contributed by atoms with van der Waals surface area (Å²) in [6.07, 6.45) is 2.32. The van der Waals surface area contributed by atoms with Gasteiger partial charge in [0, 0.05) is 40.3 Å². The lowest BCUT2D eigenvalue weighted by atomic mass is 9.85. The lowest BCUT2D eigenvalue weighted by molar-refractivity contribution is -0.116. The number of allylic oxidation sites excluding steroid dienone is 1. The second kappa shape index (κ2) is 8.34. The molecular weight excluding hydrogens is 427 g/mol. The van der Waals surface area contributed by atoms with E-state index in [1.54, 1.807) is 18.2 Å². The molecule has 2 aromatic carbocycles. The molecule has 0 fully saturated rings. The lowest BCUT2D eigenvalue weighted by Gasteiger charge is -2.39. The van der Waals surface area contributed by atoms with E-state index in [-0.39, 0.29) is 18.4 Å². The van der Waals surface area contributed by atoms with Crippen LogP contribution in [0.4, 0.5) is 0 Å². The molecule has 4 nitrogen and oxygen atoms in total. The Kier molecular flexibility index (Phi) is 5.81. The molecule has 1 unspecified atom stereocenters. The van der Waals surface area contributed by atoms with Gasteiger partial charge in [0.15, 0.2) is 10.9 Å². The number of halogens is 2. The van der Waals surface area contributed by atoms with Crippen LogP contribution in [0.1, 0.15) is 36.4 Å². The first-order valence-corrected chi connectivity index (χ1v) is 10.6. The van der Waals surface area contributed by atoms with E-state index in [9.17, 15) is 4.79 Å². The van der Waals surface area contributed by atoms with Crippen molar-refractivity contribution in [3.8, 4) is 5.75 Å². The molecule has 29 heavy (non-hydrogen) atoms. The molecule has 0 aromatic heterocycles. The minimum absolute atomic E-state index is 0.187. The van der Waals surface area contributed by atoms with Gasteiger partial charge in [0.1, 0.15) is 12.4 Å². The van der Waals surface area contributed by atoms with Gasteiger partial charge in [-0.1, -0.05) is 41.4 Å². The molecule has 1 N–H and O–H groups in total. The van der Waals surface area contributed by atoms with Crippen molar-refractivity contribution >= 4 is 46.3 Å². The van der Waals surface area contributed by atoms with Gasteiger partial charge in [-0.2, -0.15) is 0 Å². The number of thiocarbonyl (C=S) groups is 1. The van der Waals surface area contributed by atoms with Crippen LogP contribution in [0.25, 0.3) is 0 Å². The first-order chi connectivity index (χ1) is 14.0. The highest BCUT2D eigenvalue weighted by molar-refractivity contribution is 7.80. The maximum Gasteiger partial charge on any atom is 0.173 e. The van der Waals surface area contributed by atoms with Crippen LogP contribution in [0.15, 0.2) is 53.7 Å². The van der Waals surface area contributed by atoms with Gasteiger partial charge >= 0.3 is 0 Å². The zero-order valence-electron chi connectivity index (χ0n) is 15.9. The molecule has 1 aliphatic carbocycles. The number of Topliss-reactive ketones (excluding diaryl/α,β-unsaturated/α-hetero) is 1. The molecule has 2 aliphatic rings. The van der Waals surface area contributed by atoms with E-state index < -0.39 is 0 Å². The minimum atomic E-state index is -0.228. The molecule has 7 heteroatoms. The van der Waals surface area contributed by atoms with Gasteiger partial charge in [0.25, 0.3) is 0 Å². The van der Waals surface area contributed by atoms with Crippen LogP contribution >= 0.6 is 35.4 Å². The van der Waals surface area contributed by atoms with Crippen molar-refractivity contribution in [3.63, 3.8) is 0 Å². The number of benzene rings is 2. The monoisotopic (exact) mass is 446 g/mol. The normalized spacial score (nSPS) is 19.1. The molecule has 150 valence electrons. The summed E-state index contributed by atoms with van der Waals surface area (Å²) in [7, 11) is 1.91. The van der Waals surface area contributed by atoms with Crippen LogP contribution in [-0.2, 0) is 11.4 Å². The van der Waals surface area contributed by atoms with Crippen molar-refractivity contribution in [1.82, 2.24) is 10.2 Å². The highest BCUT2D eigenvalue weighted by atomic mass is 35.5. The number of nitrogens with one attached hydrogen (secondary N) is 1. The molecule has 0 saturated carbocycles. The molecule has 2 aromatic rings. The van der Waals surface area contributed by atoms with Gasteiger partial charge in [-0.25, -0.2) is 0 Å². The first-order valence-electron chi connectivity index (χ1n) is 9.42. The minimum Gasteiger partial charge on any atom is -0.489 e. The summed E-state index contributed by atoms with van der Waals surface area (Å²) >= 11 is 17.9. The smallest absolute Gasteiger partial charge is 0.173 e. The number of ketones is 1. The third-order valence-electron chi connectivity index (χ3n) is 5.35. The Bertz CT molecular complexity index is 984. The molecule has 1 heterocycles. The van der Waals surface area contributed by atoms with E-state index in [0.29, 0.717) is 27.3 Å². The third-order valence-corrected chi connectivity index (χ3v) is 6.45. The van der Waals surface area contributed by atoms with Crippen molar-refractivity contribution in [2.24, 2.45) is 0 Å².